The SMILES string of the molecule is Cc1nc(-c2cccc(NC(=O)c3ccc4c(c3)CC(C)N4S(=O)(=O)c3ccccc3)c2)cs1. The highest BCUT2D eigenvalue weighted by atomic mass is 32.2. The molecule has 172 valence electrons. The van der Waals surface area contributed by atoms with Crippen LogP contribution in [0.1, 0.15) is 27.9 Å². The Bertz CT molecular complexity index is 1480. The van der Waals surface area contributed by atoms with Gasteiger partial charge in [0.2, 0.25) is 0 Å². The maximum atomic E-state index is 13.3. The van der Waals surface area contributed by atoms with Crippen molar-refractivity contribution < 1.29 is 13.2 Å². The molecule has 6 nitrogen and oxygen atoms in total. The summed E-state index contributed by atoms with van der Waals surface area (Å²) in [5.74, 6) is -0.244. The van der Waals surface area contributed by atoms with E-state index < -0.39 is 10.0 Å². The van der Waals surface area contributed by atoms with Gasteiger partial charge in [0.1, 0.15) is 0 Å². The summed E-state index contributed by atoms with van der Waals surface area (Å²) in [7, 11) is -3.68. The quantitative estimate of drug-likeness (QED) is 0.401. The Hall–Kier alpha value is -3.49. The lowest BCUT2D eigenvalue weighted by Crippen LogP contribution is -2.35. The zero-order valence-corrected chi connectivity index (χ0v) is 20.4. The zero-order chi connectivity index (χ0) is 23.9. The highest BCUT2D eigenvalue weighted by Crippen LogP contribution is 2.37. The van der Waals surface area contributed by atoms with Gasteiger partial charge >= 0.3 is 0 Å². The number of fused-ring (bicyclic) bond motifs is 1. The number of aromatic nitrogens is 1. The number of carbonyl (C=O) groups is 1. The number of nitrogens with one attached hydrogen (secondary N) is 1. The molecule has 4 aromatic rings. The monoisotopic (exact) mass is 489 g/mol. The van der Waals surface area contributed by atoms with Crippen molar-refractivity contribution in [3.8, 4) is 11.3 Å². The number of benzene rings is 3. The van der Waals surface area contributed by atoms with Crippen LogP contribution in [0.5, 0.6) is 0 Å². The first kappa shape index (κ1) is 22.3. The highest BCUT2D eigenvalue weighted by molar-refractivity contribution is 7.92. The fourth-order valence-corrected chi connectivity index (χ4v) is 6.61. The van der Waals surface area contributed by atoms with Gasteiger partial charge in [-0.2, -0.15) is 0 Å². The molecule has 0 radical (unpaired) electrons. The molecule has 8 heteroatoms. The molecule has 0 spiro atoms. The van der Waals surface area contributed by atoms with Crippen LogP contribution in [-0.2, 0) is 16.4 Å². The Morgan fingerprint density at radius 2 is 1.85 bits per heavy atom. The molecule has 1 aromatic heterocycles. The van der Waals surface area contributed by atoms with Crippen molar-refractivity contribution >= 4 is 38.6 Å². The minimum atomic E-state index is -3.68. The van der Waals surface area contributed by atoms with Crippen molar-refractivity contribution in [2.45, 2.75) is 31.2 Å². The highest BCUT2D eigenvalue weighted by Gasteiger charge is 2.36. The molecule has 0 saturated heterocycles. The number of hydrogen-bond acceptors (Lipinski definition) is 5. The molecule has 1 unspecified atom stereocenters. The average Bonchev–Trinajstić information content (AvgIpc) is 3.41. The van der Waals surface area contributed by atoms with Crippen LogP contribution < -0.4 is 9.62 Å². The van der Waals surface area contributed by atoms with E-state index in [0.717, 1.165) is 21.8 Å². The van der Waals surface area contributed by atoms with Gasteiger partial charge in [-0.3, -0.25) is 9.10 Å². The molecule has 5 rings (SSSR count). The second kappa shape index (κ2) is 8.70. The molecule has 1 aliphatic heterocycles. The van der Waals surface area contributed by atoms with E-state index >= 15 is 0 Å². The lowest BCUT2D eigenvalue weighted by molar-refractivity contribution is 0.102. The third-order valence-electron chi connectivity index (χ3n) is 5.83. The molecular formula is C26H23N3O3S2. The normalized spacial score (nSPS) is 15.2. The van der Waals surface area contributed by atoms with Crippen molar-refractivity contribution in [1.29, 1.82) is 0 Å². The predicted molar refractivity (Wildman–Crippen MR) is 136 cm³/mol. The lowest BCUT2D eigenvalue weighted by atomic mass is 10.1. The van der Waals surface area contributed by atoms with Crippen molar-refractivity contribution in [1.82, 2.24) is 4.98 Å². The van der Waals surface area contributed by atoms with Crippen molar-refractivity contribution in [2.75, 3.05) is 9.62 Å². The van der Waals surface area contributed by atoms with E-state index in [-0.39, 0.29) is 16.8 Å². The summed E-state index contributed by atoms with van der Waals surface area (Å²) in [4.78, 5) is 17.8. The summed E-state index contributed by atoms with van der Waals surface area (Å²) in [6.45, 7) is 3.84. The van der Waals surface area contributed by atoms with Gasteiger partial charge in [0, 0.05) is 28.2 Å². The second-order valence-electron chi connectivity index (χ2n) is 8.30. The topological polar surface area (TPSA) is 79.4 Å². The number of aryl methyl sites for hydroxylation is 1. The summed E-state index contributed by atoms with van der Waals surface area (Å²) < 4.78 is 28.0. The Labute approximate surface area is 203 Å². The Balaban J connectivity index is 1.39. The van der Waals surface area contributed by atoms with E-state index in [1.165, 1.54) is 4.31 Å². The maximum absolute atomic E-state index is 13.3. The summed E-state index contributed by atoms with van der Waals surface area (Å²) in [6.07, 6.45) is 0.543. The third-order valence-corrected chi connectivity index (χ3v) is 8.55. The van der Waals surface area contributed by atoms with Gasteiger partial charge < -0.3 is 5.32 Å². The summed E-state index contributed by atoms with van der Waals surface area (Å²) in [5, 5.41) is 5.93. The molecule has 0 saturated carbocycles. The van der Waals surface area contributed by atoms with E-state index in [2.05, 4.69) is 10.3 Å². The minimum Gasteiger partial charge on any atom is -0.322 e. The molecule has 2 heterocycles. The van der Waals surface area contributed by atoms with Crippen LogP contribution in [0.2, 0.25) is 0 Å². The Morgan fingerprint density at radius 1 is 1.06 bits per heavy atom. The molecule has 0 aliphatic carbocycles. The van der Waals surface area contributed by atoms with Crippen LogP contribution >= 0.6 is 11.3 Å². The lowest BCUT2D eigenvalue weighted by Gasteiger charge is -2.24. The number of rotatable bonds is 5. The molecule has 34 heavy (non-hydrogen) atoms. The van der Waals surface area contributed by atoms with Crippen LogP contribution in [0.25, 0.3) is 11.3 Å². The van der Waals surface area contributed by atoms with Crippen molar-refractivity contribution in [2.24, 2.45) is 0 Å². The van der Waals surface area contributed by atoms with Gasteiger partial charge in [0.05, 0.1) is 21.3 Å². The molecule has 0 fully saturated rings. The van der Waals surface area contributed by atoms with Gasteiger partial charge in [0.25, 0.3) is 15.9 Å². The number of thiazole rings is 1. The van der Waals surface area contributed by atoms with E-state index in [0.29, 0.717) is 23.4 Å². The molecule has 0 bridgehead atoms. The van der Waals surface area contributed by atoms with E-state index in [1.54, 1.807) is 59.9 Å². The fraction of sp³-hybridized carbons (Fsp3) is 0.154. The summed E-state index contributed by atoms with van der Waals surface area (Å²) >= 11 is 1.58. The van der Waals surface area contributed by atoms with Crippen molar-refractivity contribution in [3.05, 3.63) is 94.3 Å². The van der Waals surface area contributed by atoms with Gasteiger partial charge in [-0.15, -0.1) is 11.3 Å². The molecular weight excluding hydrogens is 466 g/mol. The number of hydrogen-bond donors (Lipinski definition) is 1. The number of carbonyl (C=O) groups excluding carboxylic acids is 1. The standard InChI is InChI=1S/C26H23N3O3S2/c1-17-13-21-14-20(11-12-25(21)29(17)34(31,32)23-9-4-3-5-10-23)26(30)28-22-8-6-7-19(15-22)24-16-33-18(2)27-24/h3-12,14-17H,13H2,1-2H3,(H,28,30). The van der Waals surface area contributed by atoms with Crippen LogP contribution in [0.3, 0.4) is 0 Å². The van der Waals surface area contributed by atoms with Gasteiger partial charge in [-0.05, 0) is 68.3 Å². The second-order valence-corrected chi connectivity index (χ2v) is 11.2. The van der Waals surface area contributed by atoms with Crippen LogP contribution in [0.15, 0.2) is 83.1 Å². The third kappa shape index (κ3) is 4.10. The number of nitrogens with zero attached hydrogens (tertiary/aromatic N) is 2. The first-order valence-corrected chi connectivity index (χ1v) is 13.2. The van der Waals surface area contributed by atoms with Gasteiger partial charge in [0.15, 0.2) is 0 Å². The largest absolute Gasteiger partial charge is 0.322 e. The van der Waals surface area contributed by atoms with Crippen LogP contribution in [0.4, 0.5) is 11.4 Å². The number of sulfonamides is 1. The van der Waals surface area contributed by atoms with E-state index in [1.807, 2.05) is 43.5 Å². The Kier molecular flexibility index (Phi) is 5.71. The summed E-state index contributed by atoms with van der Waals surface area (Å²) in [6, 6.07) is 20.9. The Morgan fingerprint density at radius 3 is 2.59 bits per heavy atom. The first-order valence-electron chi connectivity index (χ1n) is 10.9. The maximum Gasteiger partial charge on any atom is 0.264 e. The molecule has 3 aromatic carbocycles. The molecule has 1 amide bonds. The molecule has 1 aliphatic rings. The van der Waals surface area contributed by atoms with Gasteiger partial charge in [-0.25, -0.2) is 13.4 Å². The first-order chi connectivity index (χ1) is 16.3. The average molecular weight is 490 g/mol. The smallest absolute Gasteiger partial charge is 0.264 e. The summed E-state index contributed by atoms with van der Waals surface area (Å²) in [5.41, 5.74) is 4.44. The zero-order valence-electron chi connectivity index (χ0n) is 18.7. The molecule has 1 N–H and O–H groups in total. The fourth-order valence-electron chi connectivity index (χ4n) is 4.27. The van der Waals surface area contributed by atoms with Crippen LogP contribution in [-0.4, -0.2) is 25.4 Å². The van der Waals surface area contributed by atoms with E-state index in [4.69, 9.17) is 0 Å². The molecule has 1 atom stereocenters. The predicted octanol–water partition coefficient (Wildman–Crippen LogP) is 5.51. The number of anilines is 2. The van der Waals surface area contributed by atoms with Crippen molar-refractivity contribution in [3.63, 3.8) is 0 Å². The van der Waals surface area contributed by atoms with E-state index in [9.17, 15) is 13.2 Å². The van der Waals surface area contributed by atoms with Gasteiger partial charge in [-0.1, -0.05) is 30.3 Å². The van der Waals surface area contributed by atoms with Crippen LogP contribution in [0, 0.1) is 6.92 Å². The number of amides is 1. The minimum absolute atomic E-state index is 0.239.